The van der Waals surface area contributed by atoms with Crippen LogP contribution < -0.4 is 5.32 Å². The van der Waals surface area contributed by atoms with Gasteiger partial charge in [0.1, 0.15) is 0 Å². The Morgan fingerprint density at radius 2 is 1.86 bits per heavy atom. The van der Waals surface area contributed by atoms with Gasteiger partial charge in [-0.3, -0.25) is 4.79 Å². The Morgan fingerprint density at radius 1 is 1.23 bits per heavy atom. The van der Waals surface area contributed by atoms with E-state index in [9.17, 15) is 4.79 Å². The van der Waals surface area contributed by atoms with Crippen LogP contribution in [0.25, 0.3) is 0 Å². The number of hydrogen-bond donors (Lipinski definition) is 1. The number of hydrogen-bond acceptors (Lipinski definition) is 3. The molecule has 1 saturated carbocycles. The summed E-state index contributed by atoms with van der Waals surface area (Å²) in [5.74, 6) is 0.271. The first-order valence-electron chi connectivity index (χ1n) is 8.79. The van der Waals surface area contributed by atoms with Crippen molar-refractivity contribution in [2.24, 2.45) is 10.8 Å². The van der Waals surface area contributed by atoms with Crippen molar-refractivity contribution in [1.82, 2.24) is 10.2 Å². The maximum atomic E-state index is 13.2. The minimum atomic E-state index is -0.440. The van der Waals surface area contributed by atoms with Gasteiger partial charge in [0.2, 0.25) is 5.91 Å². The summed E-state index contributed by atoms with van der Waals surface area (Å²) in [5, 5.41) is 3.42. The zero-order valence-electron chi connectivity index (χ0n) is 15.1. The molecule has 1 saturated heterocycles. The van der Waals surface area contributed by atoms with E-state index in [1.165, 1.54) is 12.8 Å². The summed E-state index contributed by atoms with van der Waals surface area (Å²) < 4.78 is 5.30. The van der Waals surface area contributed by atoms with Gasteiger partial charge in [0, 0.05) is 25.7 Å². The van der Waals surface area contributed by atoms with Crippen molar-refractivity contribution in [2.45, 2.75) is 71.9 Å². The number of carbonyl (C=O) groups excluding carboxylic acids is 1. The highest BCUT2D eigenvalue weighted by atomic mass is 16.5. The average molecular weight is 310 g/mol. The van der Waals surface area contributed by atoms with Crippen molar-refractivity contribution in [2.75, 3.05) is 26.8 Å². The molecule has 2 rings (SSSR count). The number of carbonyl (C=O) groups is 1. The van der Waals surface area contributed by atoms with Gasteiger partial charge < -0.3 is 15.0 Å². The van der Waals surface area contributed by atoms with Crippen molar-refractivity contribution in [3.63, 3.8) is 0 Å². The fourth-order valence-electron chi connectivity index (χ4n) is 3.94. The molecule has 1 N–H and O–H groups in total. The van der Waals surface area contributed by atoms with Gasteiger partial charge in [0.25, 0.3) is 0 Å². The molecule has 1 aliphatic heterocycles. The van der Waals surface area contributed by atoms with Crippen LogP contribution in [0.5, 0.6) is 0 Å². The van der Waals surface area contributed by atoms with E-state index in [1.807, 2.05) is 13.8 Å². The van der Waals surface area contributed by atoms with Gasteiger partial charge >= 0.3 is 0 Å². The molecular formula is C18H34N2O2. The van der Waals surface area contributed by atoms with Crippen LogP contribution in [0.1, 0.15) is 59.8 Å². The number of rotatable bonds is 5. The SMILES string of the molecule is COCC(C)(C)C(=O)N(C1CCC(C)(C)CC1)[C@H]1CCNC1. The smallest absolute Gasteiger partial charge is 0.231 e. The van der Waals surface area contributed by atoms with Crippen LogP contribution in [0, 0.1) is 10.8 Å². The third-order valence-electron chi connectivity index (χ3n) is 5.45. The molecule has 1 amide bonds. The summed E-state index contributed by atoms with van der Waals surface area (Å²) in [5.41, 5.74) is -0.00844. The molecule has 4 heteroatoms. The van der Waals surface area contributed by atoms with E-state index >= 15 is 0 Å². The Balaban J connectivity index is 2.14. The van der Waals surface area contributed by atoms with E-state index < -0.39 is 5.41 Å². The van der Waals surface area contributed by atoms with E-state index in [4.69, 9.17) is 4.74 Å². The van der Waals surface area contributed by atoms with Crippen molar-refractivity contribution in [3.05, 3.63) is 0 Å². The molecule has 22 heavy (non-hydrogen) atoms. The lowest BCUT2D eigenvalue weighted by Gasteiger charge is -2.45. The number of ether oxygens (including phenoxy) is 1. The normalized spacial score (nSPS) is 26.1. The largest absolute Gasteiger partial charge is 0.384 e. The molecule has 0 aromatic heterocycles. The molecule has 128 valence electrons. The van der Waals surface area contributed by atoms with E-state index in [0.717, 1.165) is 32.4 Å². The fraction of sp³-hybridized carbons (Fsp3) is 0.944. The lowest BCUT2D eigenvalue weighted by atomic mass is 9.74. The molecule has 1 aliphatic carbocycles. The molecule has 0 aromatic rings. The maximum Gasteiger partial charge on any atom is 0.231 e. The number of nitrogens with one attached hydrogen (secondary N) is 1. The lowest BCUT2D eigenvalue weighted by Crippen LogP contribution is -2.55. The molecule has 0 radical (unpaired) electrons. The Labute approximate surface area is 136 Å². The summed E-state index contributed by atoms with van der Waals surface area (Å²) in [6, 6.07) is 0.761. The van der Waals surface area contributed by atoms with Gasteiger partial charge in [-0.25, -0.2) is 0 Å². The predicted molar refractivity (Wildman–Crippen MR) is 89.8 cm³/mol. The van der Waals surface area contributed by atoms with Crippen LogP contribution in [-0.4, -0.2) is 49.7 Å². The maximum absolute atomic E-state index is 13.2. The highest BCUT2D eigenvalue weighted by Gasteiger charge is 2.41. The second-order valence-electron chi connectivity index (χ2n) is 8.57. The number of nitrogens with zero attached hydrogens (tertiary/aromatic N) is 1. The molecule has 2 fully saturated rings. The standard InChI is InChI=1S/C18H34N2O2/c1-17(2)9-6-14(7-10-17)20(15-8-11-19-12-15)16(21)18(3,4)13-22-5/h14-15,19H,6-13H2,1-5H3/t15-/m0/s1. The van der Waals surface area contributed by atoms with Crippen molar-refractivity contribution in [1.29, 1.82) is 0 Å². The molecule has 0 spiro atoms. The van der Waals surface area contributed by atoms with E-state index in [1.54, 1.807) is 7.11 Å². The Kier molecular flexibility index (Phi) is 5.54. The summed E-state index contributed by atoms with van der Waals surface area (Å²) in [7, 11) is 1.68. The van der Waals surface area contributed by atoms with Gasteiger partial charge in [-0.1, -0.05) is 13.8 Å². The van der Waals surface area contributed by atoms with Crippen molar-refractivity contribution >= 4 is 5.91 Å². The van der Waals surface area contributed by atoms with Crippen LogP contribution in [0.2, 0.25) is 0 Å². The van der Waals surface area contributed by atoms with Gasteiger partial charge in [-0.2, -0.15) is 0 Å². The predicted octanol–water partition coefficient (Wildman–Crippen LogP) is 2.82. The highest BCUT2D eigenvalue weighted by Crippen LogP contribution is 2.39. The second kappa shape index (κ2) is 6.88. The zero-order valence-corrected chi connectivity index (χ0v) is 15.1. The van der Waals surface area contributed by atoms with Gasteiger partial charge in [0.05, 0.1) is 12.0 Å². The Bertz CT molecular complexity index is 377. The Hall–Kier alpha value is -0.610. The molecule has 1 atom stereocenters. The summed E-state index contributed by atoms with van der Waals surface area (Å²) in [4.78, 5) is 15.5. The van der Waals surface area contributed by atoms with Crippen LogP contribution in [-0.2, 0) is 9.53 Å². The molecule has 0 bridgehead atoms. The lowest BCUT2D eigenvalue weighted by molar-refractivity contribution is -0.149. The first-order chi connectivity index (χ1) is 10.3. The fourth-order valence-corrected chi connectivity index (χ4v) is 3.94. The third-order valence-corrected chi connectivity index (χ3v) is 5.45. The minimum Gasteiger partial charge on any atom is -0.384 e. The number of amides is 1. The molecular weight excluding hydrogens is 276 g/mol. The first-order valence-corrected chi connectivity index (χ1v) is 8.79. The summed E-state index contributed by atoms with van der Waals surface area (Å²) in [6.07, 6.45) is 5.78. The molecule has 0 unspecified atom stereocenters. The van der Waals surface area contributed by atoms with Gasteiger partial charge in [-0.05, 0) is 57.9 Å². The summed E-state index contributed by atoms with van der Waals surface area (Å²) in [6.45, 7) is 11.2. The van der Waals surface area contributed by atoms with Crippen LogP contribution in [0.3, 0.4) is 0 Å². The third kappa shape index (κ3) is 4.02. The first kappa shape index (κ1) is 17.7. The molecule has 0 aromatic carbocycles. The zero-order chi connectivity index (χ0) is 16.4. The molecule has 1 heterocycles. The van der Waals surface area contributed by atoms with Gasteiger partial charge in [0.15, 0.2) is 0 Å². The topological polar surface area (TPSA) is 41.6 Å². The quantitative estimate of drug-likeness (QED) is 0.849. The highest BCUT2D eigenvalue weighted by molar-refractivity contribution is 5.82. The van der Waals surface area contributed by atoms with Gasteiger partial charge in [-0.15, -0.1) is 0 Å². The summed E-state index contributed by atoms with van der Waals surface area (Å²) >= 11 is 0. The molecule has 2 aliphatic rings. The van der Waals surface area contributed by atoms with Crippen LogP contribution in [0.15, 0.2) is 0 Å². The van der Waals surface area contributed by atoms with E-state index in [0.29, 0.717) is 24.1 Å². The van der Waals surface area contributed by atoms with Crippen LogP contribution >= 0.6 is 0 Å². The number of methoxy groups -OCH3 is 1. The average Bonchev–Trinajstić information content (AvgIpc) is 2.94. The second-order valence-corrected chi connectivity index (χ2v) is 8.57. The van der Waals surface area contributed by atoms with Crippen LogP contribution in [0.4, 0.5) is 0 Å². The minimum absolute atomic E-state index is 0.271. The van der Waals surface area contributed by atoms with E-state index in [2.05, 4.69) is 24.1 Å². The molecule has 4 nitrogen and oxygen atoms in total. The van der Waals surface area contributed by atoms with E-state index in [-0.39, 0.29) is 5.91 Å². The Morgan fingerprint density at radius 3 is 2.36 bits per heavy atom. The monoisotopic (exact) mass is 310 g/mol. The van der Waals surface area contributed by atoms with Crippen molar-refractivity contribution in [3.8, 4) is 0 Å². The van der Waals surface area contributed by atoms with Crippen molar-refractivity contribution < 1.29 is 9.53 Å².